The molecule has 3 bridgehead atoms. The highest BCUT2D eigenvalue weighted by Gasteiger charge is 2.52. The smallest absolute Gasteiger partial charge is 0.237 e. The summed E-state index contributed by atoms with van der Waals surface area (Å²) in [6.07, 6.45) is 8.17. The number of carbonyl (C=O) groups excluding carboxylic acids is 1. The van der Waals surface area contributed by atoms with Crippen molar-refractivity contribution >= 4 is 5.91 Å². The number of nitrogens with one attached hydrogen (secondary N) is 1. The molecular weight excluding hydrogens is 290 g/mol. The van der Waals surface area contributed by atoms with Gasteiger partial charge in [-0.05, 0) is 69.1 Å². The molecule has 4 aliphatic rings. The Hall–Kier alpha value is -1.12. The summed E-state index contributed by atoms with van der Waals surface area (Å²) in [7, 11) is 0. The fourth-order valence-corrected chi connectivity index (χ4v) is 5.99. The van der Waals surface area contributed by atoms with E-state index >= 15 is 0 Å². The molecule has 5 nitrogen and oxygen atoms in total. The lowest BCUT2D eigenvalue weighted by molar-refractivity contribution is -0.130. The van der Waals surface area contributed by atoms with Crippen molar-refractivity contribution in [2.24, 2.45) is 17.8 Å². The van der Waals surface area contributed by atoms with Crippen LogP contribution in [0.2, 0.25) is 0 Å². The van der Waals surface area contributed by atoms with E-state index in [2.05, 4.69) is 11.4 Å². The summed E-state index contributed by atoms with van der Waals surface area (Å²) >= 11 is 0. The zero-order valence-corrected chi connectivity index (χ0v) is 13.7. The Bertz CT molecular complexity index is 527. The summed E-state index contributed by atoms with van der Waals surface area (Å²) in [6.45, 7) is 1.10. The van der Waals surface area contributed by atoms with Crippen molar-refractivity contribution in [3.05, 3.63) is 0 Å². The predicted octanol–water partition coefficient (Wildman–Crippen LogP) is 1.42. The number of fused-ring (bicyclic) bond motifs is 2. The monoisotopic (exact) mass is 317 g/mol. The molecule has 1 amide bonds. The second-order valence-corrected chi connectivity index (χ2v) is 8.37. The van der Waals surface area contributed by atoms with Crippen LogP contribution in [-0.4, -0.2) is 46.7 Å². The maximum atomic E-state index is 12.5. The van der Waals surface area contributed by atoms with Gasteiger partial charge < -0.3 is 15.3 Å². The van der Waals surface area contributed by atoms with E-state index in [1.165, 1.54) is 6.42 Å². The predicted molar refractivity (Wildman–Crippen MR) is 85.3 cm³/mol. The van der Waals surface area contributed by atoms with Crippen LogP contribution in [0, 0.1) is 29.1 Å². The standard InChI is InChI=1S/C18H27N3O2/c19-10-15-2-1-3-21(15)17(23)11-20-18-7-12-4-13(8-18)14(9-18)6-16(22)5-12/h12-16,20,22H,1-9,11H2. The molecule has 6 unspecified atom stereocenters. The van der Waals surface area contributed by atoms with Crippen LogP contribution in [0.5, 0.6) is 0 Å². The number of hydrogen-bond donors (Lipinski definition) is 2. The Morgan fingerprint density at radius 1 is 1.26 bits per heavy atom. The Labute approximate surface area is 138 Å². The van der Waals surface area contributed by atoms with E-state index in [0.29, 0.717) is 18.4 Å². The lowest BCUT2D eigenvalue weighted by atomic mass is 9.75. The van der Waals surface area contributed by atoms with Gasteiger partial charge in [0.25, 0.3) is 0 Å². The molecule has 0 spiro atoms. The molecule has 4 fully saturated rings. The summed E-state index contributed by atoms with van der Waals surface area (Å²) in [6, 6.07) is 2.03. The largest absolute Gasteiger partial charge is 0.393 e. The molecule has 2 N–H and O–H groups in total. The number of aliphatic hydroxyl groups excluding tert-OH is 1. The average molecular weight is 317 g/mol. The van der Waals surface area contributed by atoms with Gasteiger partial charge in [0.15, 0.2) is 0 Å². The first-order valence-electron chi connectivity index (χ1n) is 9.21. The fraction of sp³-hybridized carbons (Fsp3) is 0.889. The van der Waals surface area contributed by atoms with Crippen molar-refractivity contribution in [3.63, 3.8) is 0 Å². The van der Waals surface area contributed by atoms with E-state index in [0.717, 1.165) is 57.4 Å². The third-order valence-electron chi connectivity index (χ3n) is 6.81. The van der Waals surface area contributed by atoms with Crippen LogP contribution in [0.4, 0.5) is 0 Å². The van der Waals surface area contributed by atoms with Gasteiger partial charge in [0.05, 0.1) is 18.7 Å². The molecular formula is C18H27N3O2. The highest BCUT2D eigenvalue weighted by atomic mass is 16.3. The zero-order chi connectivity index (χ0) is 16.0. The summed E-state index contributed by atoms with van der Waals surface area (Å²) < 4.78 is 0. The van der Waals surface area contributed by atoms with Crippen LogP contribution in [0.15, 0.2) is 0 Å². The number of likely N-dealkylation sites (tertiary alicyclic amines) is 1. The number of carbonyl (C=O) groups is 1. The third-order valence-corrected chi connectivity index (χ3v) is 6.81. The number of nitriles is 1. The van der Waals surface area contributed by atoms with Gasteiger partial charge in [-0.2, -0.15) is 5.26 Å². The quantitative estimate of drug-likeness (QED) is 0.825. The molecule has 0 aromatic rings. The molecule has 3 aliphatic carbocycles. The molecule has 126 valence electrons. The maximum Gasteiger partial charge on any atom is 0.237 e. The molecule has 23 heavy (non-hydrogen) atoms. The van der Waals surface area contributed by atoms with Crippen LogP contribution in [-0.2, 0) is 4.79 Å². The van der Waals surface area contributed by atoms with E-state index in [-0.39, 0.29) is 23.6 Å². The molecule has 4 rings (SSSR count). The second kappa shape index (κ2) is 5.75. The van der Waals surface area contributed by atoms with E-state index in [4.69, 9.17) is 5.26 Å². The fourth-order valence-electron chi connectivity index (χ4n) is 5.99. The van der Waals surface area contributed by atoms with Crippen molar-refractivity contribution in [2.75, 3.05) is 13.1 Å². The van der Waals surface area contributed by atoms with Crippen LogP contribution in [0.3, 0.4) is 0 Å². The Balaban J connectivity index is 1.40. The summed E-state index contributed by atoms with van der Waals surface area (Å²) in [5.74, 6) is 2.05. The van der Waals surface area contributed by atoms with E-state index in [1.54, 1.807) is 4.90 Å². The molecule has 3 saturated carbocycles. The third kappa shape index (κ3) is 2.77. The Morgan fingerprint density at radius 2 is 2.04 bits per heavy atom. The number of amides is 1. The minimum absolute atomic E-state index is 0.0858. The topological polar surface area (TPSA) is 76.4 Å². The van der Waals surface area contributed by atoms with Gasteiger partial charge in [-0.25, -0.2) is 0 Å². The van der Waals surface area contributed by atoms with E-state index < -0.39 is 0 Å². The SMILES string of the molecule is N#CC1CCCN1C(=O)CNC12CC3CC(O)CC(C1)C(C3)C2. The maximum absolute atomic E-state index is 12.5. The number of rotatable bonds is 3. The highest BCUT2D eigenvalue weighted by molar-refractivity contribution is 5.79. The summed E-state index contributed by atoms with van der Waals surface area (Å²) in [5, 5.41) is 22.9. The Kier molecular flexibility index (Phi) is 3.85. The minimum atomic E-state index is -0.223. The second-order valence-electron chi connectivity index (χ2n) is 8.37. The number of hydrogen-bond acceptors (Lipinski definition) is 4. The molecule has 0 aromatic heterocycles. The van der Waals surface area contributed by atoms with E-state index in [1.807, 2.05) is 0 Å². The Morgan fingerprint density at radius 3 is 2.83 bits per heavy atom. The number of nitrogens with zero attached hydrogens (tertiary/aromatic N) is 2. The van der Waals surface area contributed by atoms with Crippen molar-refractivity contribution < 1.29 is 9.90 Å². The van der Waals surface area contributed by atoms with Gasteiger partial charge in [0.1, 0.15) is 6.04 Å². The van der Waals surface area contributed by atoms with Crippen molar-refractivity contribution in [2.45, 2.75) is 69.1 Å². The average Bonchev–Trinajstić information content (AvgIpc) is 3.05. The first-order valence-corrected chi connectivity index (χ1v) is 9.21. The van der Waals surface area contributed by atoms with Crippen molar-refractivity contribution in [3.8, 4) is 6.07 Å². The van der Waals surface area contributed by atoms with E-state index in [9.17, 15) is 9.90 Å². The van der Waals surface area contributed by atoms with Crippen LogP contribution in [0.1, 0.15) is 51.4 Å². The van der Waals surface area contributed by atoms with Crippen LogP contribution < -0.4 is 5.32 Å². The minimum Gasteiger partial charge on any atom is -0.393 e. The van der Waals surface area contributed by atoms with Crippen molar-refractivity contribution in [1.29, 1.82) is 5.26 Å². The van der Waals surface area contributed by atoms with Crippen LogP contribution in [0.25, 0.3) is 0 Å². The summed E-state index contributed by atoms with van der Waals surface area (Å²) in [5.41, 5.74) is 0.107. The van der Waals surface area contributed by atoms with Gasteiger partial charge >= 0.3 is 0 Å². The highest BCUT2D eigenvalue weighted by Crippen LogP contribution is 2.55. The molecule has 1 heterocycles. The molecule has 0 radical (unpaired) electrons. The lowest BCUT2D eigenvalue weighted by Gasteiger charge is -2.39. The zero-order valence-electron chi connectivity index (χ0n) is 13.7. The van der Waals surface area contributed by atoms with Gasteiger partial charge in [0.2, 0.25) is 5.91 Å². The molecule has 6 atom stereocenters. The van der Waals surface area contributed by atoms with Gasteiger partial charge in [0, 0.05) is 12.1 Å². The molecule has 5 heteroatoms. The van der Waals surface area contributed by atoms with Crippen molar-refractivity contribution in [1.82, 2.24) is 10.2 Å². The van der Waals surface area contributed by atoms with Crippen LogP contribution >= 0.6 is 0 Å². The first-order chi connectivity index (χ1) is 11.1. The lowest BCUT2D eigenvalue weighted by Crippen LogP contribution is -2.51. The molecule has 1 aliphatic heterocycles. The normalized spacial score (nSPS) is 45.0. The molecule has 0 aromatic carbocycles. The summed E-state index contributed by atoms with van der Waals surface area (Å²) in [4.78, 5) is 14.3. The van der Waals surface area contributed by atoms with Gasteiger partial charge in [-0.1, -0.05) is 0 Å². The molecule has 1 saturated heterocycles. The van der Waals surface area contributed by atoms with Gasteiger partial charge in [-0.3, -0.25) is 4.79 Å². The van der Waals surface area contributed by atoms with Gasteiger partial charge in [-0.15, -0.1) is 0 Å². The first kappa shape index (κ1) is 15.4. The number of aliphatic hydroxyl groups is 1.